The summed E-state index contributed by atoms with van der Waals surface area (Å²) in [6, 6.07) is 27.7. The van der Waals surface area contributed by atoms with Gasteiger partial charge in [-0.2, -0.15) is 0 Å². The van der Waals surface area contributed by atoms with Crippen LogP contribution in [0.1, 0.15) is 28.2 Å². The predicted octanol–water partition coefficient (Wildman–Crippen LogP) is 5.53. The number of carbonyl (C=O) groups excluding carboxylic acids is 1. The fourth-order valence-electron chi connectivity index (χ4n) is 5.14. The van der Waals surface area contributed by atoms with E-state index in [1.54, 1.807) is 24.3 Å². The van der Waals surface area contributed by atoms with Crippen LogP contribution in [0.2, 0.25) is 0 Å². The highest BCUT2D eigenvalue weighted by molar-refractivity contribution is 5.81. The molecule has 0 saturated carbocycles. The zero-order valence-electron chi connectivity index (χ0n) is 21.5. The van der Waals surface area contributed by atoms with Crippen LogP contribution in [0.4, 0.5) is 4.79 Å². The number of rotatable bonds is 9. The van der Waals surface area contributed by atoms with E-state index >= 15 is 0 Å². The first-order chi connectivity index (χ1) is 19.5. The molecule has 8 heteroatoms. The molecular formula is C32H27NO7. The van der Waals surface area contributed by atoms with Crippen LogP contribution in [0.5, 0.6) is 17.2 Å². The van der Waals surface area contributed by atoms with E-state index < -0.39 is 18.1 Å². The summed E-state index contributed by atoms with van der Waals surface area (Å²) in [5.74, 6) is 0.800. The second kappa shape index (κ2) is 11.0. The van der Waals surface area contributed by atoms with E-state index in [4.69, 9.17) is 18.9 Å². The molecule has 2 aliphatic rings. The molecule has 1 heterocycles. The van der Waals surface area contributed by atoms with Crippen molar-refractivity contribution in [1.29, 1.82) is 0 Å². The predicted molar refractivity (Wildman–Crippen MR) is 147 cm³/mol. The molecule has 1 aliphatic carbocycles. The van der Waals surface area contributed by atoms with Gasteiger partial charge in [0.15, 0.2) is 11.5 Å². The minimum atomic E-state index is -1.14. The van der Waals surface area contributed by atoms with Crippen LogP contribution >= 0.6 is 0 Å². The summed E-state index contributed by atoms with van der Waals surface area (Å²) >= 11 is 0. The van der Waals surface area contributed by atoms with E-state index in [9.17, 15) is 14.7 Å². The summed E-state index contributed by atoms with van der Waals surface area (Å²) in [7, 11) is 0. The largest absolute Gasteiger partial charge is 0.489 e. The number of alkyl carbamates (subject to hydrolysis) is 1. The van der Waals surface area contributed by atoms with Gasteiger partial charge in [-0.3, -0.25) is 0 Å². The Morgan fingerprint density at radius 1 is 0.850 bits per heavy atom. The maximum atomic E-state index is 12.6. The molecular weight excluding hydrogens is 510 g/mol. The van der Waals surface area contributed by atoms with E-state index in [2.05, 4.69) is 17.4 Å². The number of amides is 1. The molecule has 0 aromatic heterocycles. The first-order valence-corrected chi connectivity index (χ1v) is 13.0. The number of ether oxygens (including phenoxy) is 4. The highest BCUT2D eigenvalue weighted by Crippen LogP contribution is 2.44. The van der Waals surface area contributed by atoms with Crippen LogP contribution in [0.15, 0.2) is 91.0 Å². The van der Waals surface area contributed by atoms with Crippen LogP contribution in [-0.2, 0) is 22.6 Å². The van der Waals surface area contributed by atoms with Crippen molar-refractivity contribution in [3.05, 3.63) is 113 Å². The van der Waals surface area contributed by atoms with Gasteiger partial charge in [0, 0.05) is 12.3 Å². The average Bonchev–Trinajstić information content (AvgIpc) is 3.57. The van der Waals surface area contributed by atoms with Gasteiger partial charge < -0.3 is 29.4 Å². The number of carboxylic acid groups (broad SMARTS) is 1. The maximum Gasteiger partial charge on any atom is 0.407 e. The third-order valence-corrected chi connectivity index (χ3v) is 7.14. The maximum absolute atomic E-state index is 12.6. The highest BCUT2D eigenvalue weighted by atomic mass is 16.7. The number of aliphatic carboxylic acids is 1. The molecule has 0 saturated heterocycles. The van der Waals surface area contributed by atoms with Crippen molar-refractivity contribution in [2.45, 2.75) is 25.0 Å². The second-order valence-corrected chi connectivity index (χ2v) is 9.69. The third kappa shape index (κ3) is 5.29. The van der Waals surface area contributed by atoms with E-state index in [-0.39, 0.29) is 25.7 Å². The zero-order valence-corrected chi connectivity index (χ0v) is 21.5. The zero-order chi connectivity index (χ0) is 27.5. The van der Waals surface area contributed by atoms with Gasteiger partial charge in [-0.05, 0) is 57.6 Å². The van der Waals surface area contributed by atoms with Crippen molar-refractivity contribution >= 4 is 12.1 Å². The number of carbonyl (C=O) groups is 2. The van der Waals surface area contributed by atoms with E-state index in [1.807, 2.05) is 54.6 Å². The van der Waals surface area contributed by atoms with Gasteiger partial charge in [-0.15, -0.1) is 0 Å². The normalized spacial score (nSPS) is 13.7. The Morgan fingerprint density at radius 2 is 1.50 bits per heavy atom. The Kier molecular flexibility index (Phi) is 6.97. The minimum Gasteiger partial charge on any atom is -0.489 e. The Balaban J connectivity index is 1.03. The first kappa shape index (κ1) is 25.3. The number of fused-ring (bicyclic) bond motifs is 4. The molecule has 6 rings (SSSR count). The molecule has 2 N–H and O–H groups in total. The van der Waals surface area contributed by atoms with Crippen molar-refractivity contribution in [2.75, 3.05) is 13.4 Å². The number of hydrogen-bond donors (Lipinski definition) is 2. The summed E-state index contributed by atoms with van der Waals surface area (Å²) in [6.45, 7) is 0.674. The summed E-state index contributed by atoms with van der Waals surface area (Å²) in [5, 5.41) is 12.2. The lowest BCUT2D eigenvalue weighted by Crippen LogP contribution is -2.42. The Morgan fingerprint density at radius 3 is 2.20 bits per heavy atom. The number of carboxylic acids is 1. The standard InChI is InChI=1S/C32H27NO7/c34-31(35)28(15-20-9-12-22(13-10-20)37-17-21-11-14-29-30(16-21)40-19-39-29)33-32(36)38-18-27-25-7-3-1-5-23(25)24-6-2-4-8-26(24)27/h1-14,16,27-28H,15,17-19H2,(H,33,36)(H,34,35). The molecule has 1 atom stereocenters. The van der Waals surface area contributed by atoms with Crippen molar-refractivity contribution in [1.82, 2.24) is 5.32 Å². The van der Waals surface area contributed by atoms with Gasteiger partial charge in [0.1, 0.15) is 25.0 Å². The molecule has 0 bridgehead atoms. The number of hydrogen-bond acceptors (Lipinski definition) is 6. The molecule has 0 fully saturated rings. The molecule has 1 amide bonds. The molecule has 1 aliphatic heterocycles. The van der Waals surface area contributed by atoms with Gasteiger partial charge >= 0.3 is 12.1 Å². The first-order valence-electron chi connectivity index (χ1n) is 13.0. The van der Waals surface area contributed by atoms with Crippen molar-refractivity contribution in [3.8, 4) is 28.4 Å². The van der Waals surface area contributed by atoms with Crippen molar-refractivity contribution < 1.29 is 33.6 Å². The van der Waals surface area contributed by atoms with E-state index in [0.29, 0.717) is 23.9 Å². The fourth-order valence-corrected chi connectivity index (χ4v) is 5.14. The van der Waals surface area contributed by atoms with Crippen LogP contribution < -0.4 is 19.5 Å². The monoisotopic (exact) mass is 537 g/mol. The summed E-state index contributed by atoms with van der Waals surface area (Å²) in [5.41, 5.74) is 6.10. The molecule has 1 unspecified atom stereocenters. The van der Waals surface area contributed by atoms with Crippen molar-refractivity contribution in [2.24, 2.45) is 0 Å². The fraction of sp³-hybridized carbons (Fsp3) is 0.188. The highest BCUT2D eigenvalue weighted by Gasteiger charge is 2.30. The van der Waals surface area contributed by atoms with Gasteiger partial charge in [0.25, 0.3) is 0 Å². The lowest BCUT2D eigenvalue weighted by Gasteiger charge is -2.17. The quantitative estimate of drug-likeness (QED) is 0.289. The van der Waals surface area contributed by atoms with Gasteiger partial charge in [-0.25, -0.2) is 9.59 Å². The minimum absolute atomic E-state index is 0.0992. The second-order valence-electron chi connectivity index (χ2n) is 9.69. The van der Waals surface area contributed by atoms with Gasteiger partial charge in [0.05, 0.1) is 0 Å². The van der Waals surface area contributed by atoms with Crippen LogP contribution in [0, 0.1) is 0 Å². The third-order valence-electron chi connectivity index (χ3n) is 7.14. The SMILES string of the molecule is O=C(NC(Cc1ccc(OCc2ccc3c(c2)OCO3)cc1)C(=O)O)OCC1c2ccccc2-c2ccccc21. The van der Waals surface area contributed by atoms with Crippen molar-refractivity contribution in [3.63, 3.8) is 0 Å². The number of benzene rings is 4. The Hall–Kier alpha value is -4.98. The van der Waals surface area contributed by atoms with Crippen LogP contribution in [-0.4, -0.2) is 36.6 Å². The lowest BCUT2D eigenvalue weighted by atomic mass is 9.98. The summed E-state index contributed by atoms with van der Waals surface area (Å²) in [4.78, 5) is 24.6. The van der Waals surface area contributed by atoms with Gasteiger partial charge in [-0.1, -0.05) is 66.7 Å². The topological polar surface area (TPSA) is 103 Å². The summed E-state index contributed by atoms with van der Waals surface area (Å²) < 4.78 is 22.1. The molecule has 202 valence electrons. The molecule has 0 spiro atoms. The van der Waals surface area contributed by atoms with Gasteiger partial charge in [0.2, 0.25) is 6.79 Å². The molecule has 8 nitrogen and oxygen atoms in total. The Labute approximate surface area is 231 Å². The smallest absolute Gasteiger partial charge is 0.407 e. The average molecular weight is 538 g/mol. The van der Waals surface area contributed by atoms with E-state index in [1.165, 1.54) is 0 Å². The number of nitrogens with one attached hydrogen (secondary N) is 1. The van der Waals surface area contributed by atoms with Crippen LogP contribution in [0.3, 0.4) is 0 Å². The Bertz CT molecular complexity index is 1500. The molecule has 0 radical (unpaired) electrons. The van der Waals surface area contributed by atoms with E-state index in [0.717, 1.165) is 33.4 Å². The lowest BCUT2D eigenvalue weighted by molar-refractivity contribution is -0.139. The van der Waals surface area contributed by atoms with Crippen LogP contribution in [0.25, 0.3) is 11.1 Å². The summed E-state index contributed by atoms with van der Waals surface area (Å²) in [6.07, 6.45) is -0.667. The molecule has 4 aromatic rings. The molecule has 4 aromatic carbocycles. The molecule has 40 heavy (non-hydrogen) atoms.